The van der Waals surface area contributed by atoms with Gasteiger partial charge in [-0.05, 0) is 24.1 Å². The lowest BCUT2D eigenvalue weighted by Gasteiger charge is -2.26. The minimum Gasteiger partial charge on any atom is -0.435 e. The number of carbonyl (C=O) groups is 1. The van der Waals surface area contributed by atoms with Crippen molar-refractivity contribution in [2.45, 2.75) is 19.5 Å². The topological polar surface area (TPSA) is 29.5 Å². The predicted molar refractivity (Wildman–Crippen MR) is 75.3 cm³/mol. The quantitative estimate of drug-likeness (QED) is 0.837. The third-order valence-electron chi connectivity index (χ3n) is 3.14. The van der Waals surface area contributed by atoms with Crippen molar-refractivity contribution in [2.24, 2.45) is 0 Å². The molecule has 0 saturated carbocycles. The first-order chi connectivity index (χ1) is 9.65. The zero-order chi connectivity index (χ0) is 14.4. The predicted octanol–water partition coefficient (Wildman–Crippen LogP) is 2.80. The smallest absolute Gasteiger partial charge is 0.387 e. The van der Waals surface area contributed by atoms with Gasteiger partial charge in [0.25, 0.3) is 0 Å². The van der Waals surface area contributed by atoms with Crippen molar-refractivity contribution in [2.75, 3.05) is 24.6 Å². The fourth-order valence-electron chi connectivity index (χ4n) is 2.06. The highest BCUT2D eigenvalue weighted by molar-refractivity contribution is 7.99. The molecule has 2 rings (SSSR count). The minimum atomic E-state index is -2.81. The van der Waals surface area contributed by atoms with Crippen molar-refractivity contribution in [1.29, 1.82) is 0 Å². The molecule has 1 aliphatic rings. The maximum Gasteiger partial charge on any atom is 0.387 e. The molecule has 1 saturated heterocycles. The number of rotatable bonds is 5. The van der Waals surface area contributed by atoms with E-state index in [0.717, 1.165) is 30.2 Å². The van der Waals surface area contributed by atoms with Crippen molar-refractivity contribution in [3.63, 3.8) is 0 Å². The fraction of sp³-hybridized carbons (Fsp3) is 0.500. The molecule has 0 atom stereocenters. The van der Waals surface area contributed by atoms with Gasteiger partial charge in [-0.25, -0.2) is 0 Å². The number of hydrogen-bond donors (Lipinski definition) is 0. The monoisotopic (exact) mass is 301 g/mol. The zero-order valence-electron chi connectivity index (χ0n) is 11.1. The number of aryl methyl sites for hydroxylation is 1. The molecule has 6 heteroatoms. The molecule has 0 aliphatic carbocycles. The second kappa shape index (κ2) is 7.47. The molecule has 1 aromatic carbocycles. The molecule has 1 aromatic rings. The SMILES string of the molecule is O=C(CCc1ccc(OC(F)F)cc1)N1CCSCC1. The Kier molecular flexibility index (Phi) is 5.64. The lowest BCUT2D eigenvalue weighted by atomic mass is 10.1. The largest absolute Gasteiger partial charge is 0.435 e. The molecule has 0 radical (unpaired) electrons. The summed E-state index contributed by atoms with van der Waals surface area (Å²) in [6.45, 7) is -1.16. The molecule has 3 nitrogen and oxygen atoms in total. The Morgan fingerprint density at radius 1 is 1.25 bits per heavy atom. The second-order valence-electron chi connectivity index (χ2n) is 4.52. The number of amides is 1. The number of ether oxygens (including phenoxy) is 1. The number of benzene rings is 1. The van der Waals surface area contributed by atoms with Crippen LogP contribution in [-0.4, -0.2) is 42.0 Å². The third kappa shape index (κ3) is 4.67. The number of hydrogen-bond acceptors (Lipinski definition) is 3. The molecule has 1 heterocycles. The number of carbonyl (C=O) groups excluding carboxylic acids is 1. The van der Waals surface area contributed by atoms with Crippen LogP contribution < -0.4 is 4.74 Å². The van der Waals surface area contributed by atoms with E-state index in [9.17, 15) is 13.6 Å². The molecule has 1 aliphatic heterocycles. The van der Waals surface area contributed by atoms with Gasteiger partial charge in [0.2, 0.25) is 5.91 Å². The lowest BCUT2D eigenvalue weighted by molar-refractivity contribution is -0.130. The Morgan fingerprint density at radius 3 is 2.50 bits per heavy atom. The highest BCUT2D eigenvalue weighted by atomic mass is 32.2. The summed E-state index contributed by atoms with van der Waals surface area (Å²) in [5.41, 5.74) is 0.950. The number of halogens is 2. The van der Waals surface area contributed by atoms with Crippen molar-refractivity contribution in [3.8, 4) is 5.75 Å². The van der Waals surface area contributed by atoms with E-state index in [0.29, 0.717) is 12.8 Å². The van der Waals surface area contributed by atoms with Crippen molar-refractivity contribution >= 4 is 17.7 Å². The lowest BCUT2D eigenvalue weighted by Crippen LogP contribution is -2.37. The van der Waals surface area contributed by atoms with Crippen molar-refractivity contribution < 1.29 is 18.3 Å². The summed E-state index contributed by atoms with van der Waals surface area (Å²) in [5, 5.41) is 0. The first-order valence-electron chi connectivity index (χ1n) is 6.54. The number of alkyl halides is 2. The molecular formula is C14H17F2NO2S. The minimum absolute atomic E-state index is 0.142. The van der Waals surface area contributed by atoms with Gasteiger partial charge in [0.05, 0.1) is 0 Å². The van der Waals surface area contributed by atoms with Gasteiger partial charge in [-0.1, -0.05) is 12.1 Å². The van der Waals surface area contributed by atoms with E-state index < -0.39 is 6.61 Å². The van der Waals surface area contributed by atoms with Gasteiger partial charge in [-0.2, -0.15) is 20.5 Å². The van der Waals surface area contributed by atoms with Crippen molar-refractivity contribution in [3.05, 3.63) is 29.8 Å². The average molecular weight is 301 g/mol. The third-order valence-corrected chi connectivity index (χ3v) is 4.08. The maximum atomic E-state index is 12.0. The summed E-state index contributed by atoms with van der Waals surface area (Å²) < 4.78 is 28.3. The molecule has 1 fully saturated rings. The Bertz CT molecular complexity index is 433. The Balaban J connectivity index is 1.79. The first kappa shape index (κ1) is 15.1. The highest BCUT2D eigenvalue weighted by Gasteiger charge is 2.16. The summed E-state index contributed by atoms with van der Waals surface area (Å²) >= 11 is 1.87. The van der Waals surface area contributed by atoms with E-state index in [1.54, 1.807) is 12.1 Å². The van der Waals surface area contributed by atoms with Crippen LogP contribution in [0.15, 0.2) is 24.3 Å². The van der Waals surface area contributed by atoms with Crippen LogP contribution in [0.3, 0.4) is 0 Å². The molecule has 0 aromatic heterocycles. The van der Waals surface area contributed by atoms with Gasteiger partial charge in [-0.3, -0.25) is 4.79 Å². The molecule has 0 unspecified atom stereocenters. The van der Waals surface area contributed by atoms with Crippen LogP contribution >= 0.6 is 11.8 Å². The van der Waals surface area contributed by atoms with Gasteiger partial charge in [-0.15, -0.1) is 0 Å². The summed E-state index contributed by atoms with van der Waals surface area (Å²) in [6, 6.07) is 6.45. The summed E-state index contributed by atoms with van der Waals surface area (Å²) in [5.74, 6) is 2.32. The maximum absolute atomic E-state index is 12.0. The zero-order valence-corrected chi connectivity index (χ0v) is 11.9. The van der Waals surface area contributed by atoms with Gasteiger partial charge in [0.15, 0.2) is 0 Å². The van der Waals surface area contributed by atoms with Gasteiger partial charge >= 0.3 is 6.61 Å². The Hall–Kier alpha value is -1.30. The number of thioether (sulfide) groups is 1. The Labute approximate surface area is 121 Å². The van der Waals surface area contributed by atoms with E-state index in [1.807, 2.05) is 16.7 Å². The van der Waals surface area contributed by atoms with Crippen LogP contribution in [-0.2, 0) is 11.2 Å². The molecule has 0 N–H and O–H groups in total. The normalized spacial score (nSPS) is 15.4. The molecular weight excluding hydrogens is 284 g/mol. The van der Waals surface area contributed by atoms with Gasteiger partial charge < -0.3 is 9.64 Å². The van der Waals surface area contributed by atoms with Gasteiger partial charge in [0, 0.05) is 31.0 Å². The van der Waals surface area contributed by atoms with E-state index in [2.05, 4.69) is 4.74 Å². The van der Waals surface area contributed by atoms with Crippen molar-refractivity contribution in [1.82, 2.24) is 4.90 Å². The molecule has 0 bridgehead atoms. The summed E-state index contributed by atoms with van der Waals surface area (Å²) in [6.07, 6.45) is 1.08. The van der Waals surface area contributed by atoms with Crippen LogP contribution in [0.2, 0.25) is 0 Å². The van der Waals surface area contributed by atoms with Crippen LogP contribution in [0.1, 0.15) is 12.0 Å². The highest BCUT2D eigenvalue weighted by Crippen LogP contribution is 2.16. The Morgan fingerprint density at radius 2 is 1.90 bits per heavy atom. The van der Waals surface area contributed by atoms with E-state index in [-0.39, 0.29) is 11.7 Å². The molecule has 1 amide bonds. The number of nitrogens with zero attached hydrogens (tertiary/aromatic N) is 1. The van der Waals surface area contributed by atoms with E-state index in [1.165, 1.54) is 12.1 Å². The van der Waals surface area contributed by atoms with E-state index >= 15 is 0 Å². The van der Waals surface area contributed by atoms with Gasteiger partial charge in [0.1, 0.15) is 5.75 Å². The standard InChI is InChI=1S/C14H17F2NO2S/c15-14(16)19-12-4-1-11(2-5-12)3-6-13(18)17-7-9-20-10-8-17/h1-2,4-5,14H,3,6-10H2. The average Bonchev–Trinajstić information content (AvgIpc) is 2.46. The summed E-state index contributed by atoms with van der Waals surface area (Å²) in [7, 11) is 0. The molecule has 20 heavy (non-hydrogen) atoms. The van der Waals surface area contributed by atoms with Crippen LogP contribution in [0.25, 0.3) is 0 Å². The van der Waals surface area contributed by atoms with Crippen LogP contribution in [0.5, 0.6) is 5.75 Å². The van der Waals surface area contributed by atoms with E-state index in [4.69, 9.17) is 0 Å². The van der Waals surface area contributed by atoms with Crippen LogP contribution in [0.4, 0.5) is 8.78 Å². The molecule has 0 spiro atoms. The fourth-order valence-corrected chi connectivity index (χ4v) is 2.96. The second-order valence-corrected chi connectivity index (χ2v) is 5.74. The van der Waals surface area contributed by atoms with Crippen LogP contribution in [0, 0.1) is 0 Å². The summed E-state index contributed by atoms with van der Waals surface area (Å²) in [4.78, 5) is 13.9. The molecule has 110 valence electrons. The first-order valence-corrected chi connectivity index (χ1v) is 7.70.